The van der Waals surface area contributed by atoms with Gasteiger partial charge in [-0.2, -0.15) is 4.98 Å². The first-order valence-electron chi connectivity index (χ1n) is 5.10. The Balaban J connectivity index is 2.33. The van der Waals surface area contributed by atoms with Crippen molar-refractivity contribution in [3.05, 3.63) is 34.3 Å². The van der Waals surface area contributed by atoms with Crippen molar-refractivity contribution >= 4 is 15.9 Å². The van der Waals surface area contributed by atoms with E-state index in [4.69, 9.17) is 10.3 Å². The minimum absolute atomic E-state index is 0.0622. The Labute approximate surface area is 106 Å². The van der Waals surface area contributed by atoms with Crippen molar-refractivity contribution in [1.29, 1.82) is 0 Å². The lowest BCUT2D eigenvalue weighted by Gasteiger charge is -1.98. The van der Waals surface area contributed by atoms with Crippen molar-refractivity contribution in [2.75, 3.05) is 0 Å². The molecular formula is C11H11BrFN3O. The van der Waals surface area contributed by atoms with Crippen LogP contribution in [0.15, 0.2) is 27.2 Å². The van der Waals surface area contributed by atoms with Crippen LogP contribution in [0.5, 0.6) is 0 Å². The molecule has 1 unspecified atom stereocenters. The van der Waals surface area contributed by atoms with Crippen LogP contribution in [0, 0.1) is 5.82 Å². The van der Waals surface area contributed by atoms with E-state index in [9.17, 15) is 4.39 Å². The molecule has 0 amide bonds. The molecule has 0 spiro atoms. The average molecular weight is 300 g/mol. The van der Waals surface area contributed by atoms with E-state index in [1.54, 1.807) is 12.1 Å². The number of rotatable bonds is 3. The second kappa shape index (κ2) is 4.93. The first kappa shape index (κ1) is 12.2. The molecule has 17 heavy (non-hydrogen) atoms. The maximum absolute atomic E-state index is 13.6. The van der Waals surface area contributed by atoms with E-state index in [-0.39, 0.29) is 17.5 Å². The van der Waals surface area contributed by atoms with Gasteiger partial charge in [-0.05, 0) is 25.1 Å². The number of benzene rings is 1. The zero-order valence-corrected chi connectivity index (χ0v) is 10.7. The van der Waals surface area contributed by atoms with Gasteiger partial charge in [0, 0.05) is 16.9 Å². The minimum Gasteiger partial charge on any atom is -0.334 e. The van der Waals surface area contributed by atoms with Gasteiger partial charge in [-0.3, -0.25) is 0 Å². The lowest BCUT2D eigenvalue weighted by molar-refractivity contribution is 0.418. The zero-order valence-electron chi connectivity index (χ0n) is 9.15. The molecule has 90 valence electrons. The second-order valence-corrected chi connectivity index (χ2v) is 4.74. The predicted octanol–water partition coefficient (Wildman–Crippen LogP) is 2.53. The summed E-state index contributed by atoms with van der Waals surface area (Å²) < 4.78 is 19.3. The zero-order chi connectivity index (χ0) is 12.4. The molecule has 0 bridgehead atoms. The first-order valence-corrected chi connectivity index (χ1v) is 5.89. The van der Waals surface area contributed by atoms with Crippen molar-refractivity contribution < 1.29 is 8.91 Å². The van der Waals surface area contributed by atoms with Crippen molar-refractivity contribution in [3.8, 4) is 11.5 Å². The quantitative estimate of drug-likeness (QED) is 0.946. The van der Waals surface area contributed by atoms with Gasteiger partial charge >= 0.3 is 0 Å². The molecule has 0 fully saturated rings. The van der Waals surface area contributed by atoms with Gasteiger partial charge in [-0.25, -0.2) is 4.39 Å². The number of hydrogen-bond acceptors (Lipinski definition) is 4. The highest BCUT2D eigenvalue weighted by atomic mass is 79.9. The highest BCUT2D eigenvalue weighted by Gasteiger charge is 2.14. The number of aromatic nitrogens is 2. The third-order valence-corrected chi connectivity index (χ3v) is 2.62. The molecule has 1 atom stereocenters. The Kier molecular flexibility index (Phi) is 3.54. The molecule has 1 aromatic carbocycles. The molecule has 6 heteroatoms. The summed E-state index contributed by atoms with van der Waals surface area (Å²) >= 11 is 3.26. The van der Waals surface area contributed by atoms with E-state index in [1.807, 2.05) is 6.92 Å². The highest BCUT2D eigenvalue weighted by Crippen LogP contribution is 2.24. The summed E-state index contributed by atoms with van der Waals surface area (Å²) in [5, 5.41) is 3.76. The summed E-state index contributed by atoms with van der Waals surface area (Å²) in [7, 11) is 0. The molecule has 0 aliphatic carbocycles. The molecule has 1 heterocycles. The molecule has 2 aromatic rings. The molecule has 0 radical (unpaired) electrons. The SMILES string of the molecule is CC(N)Cc1noc(-c2cc(Br)ccc2F)n1. The number of nitrogens with zero attached hydrogens (tertiary/aromatic N) is 2. The molecule has 0 saturated heterocycles. The van der Waals surface area contributed by atoms with Crippen LogP contribution in [0.3, 0.4) is 0 Å². The summed E-state index contributed by atoms with van der Waals surface area (Å²) in [5.74, 6) is 0.248. The van der Waals surface area contributed by atoms with Crippen LogP contribution in [-0.4, -0.2) is 16.2 Å². The third-order valence-electron chi connectivity index (χ3n) is 2.13. The molecule has 0 aliphatic rings. The number of halogens is 2. The first-order chi connectivity index (χ1) is 8.06. The lowest BCUT2D eigenvalue weighted by Crippen LogP contribution is -2.18. The second-order valence-electron chi connectivity index (χ2n) is 3.82. The van der Waals surface area contributed by atoms with Gasteiger partial charge < -0.3 is 10.3 Å². The van der Waals surface area contributed by atoms with Crippen molar-refractivity contribution in [3.63, 3.8) is 0 Å². The molecule has 0 aliphatic heterocycles. The third kappa shape index (κ3) is 2.89. The fourth-order valence-corrected chi connectivity index (χ4v) is 1.76. The Morgan fingerprint density at radius 2 is 2.29 bits per heavy atom. The van der Waals surface area contributed by atoms with Crippen molar-refractivity contribution in [2.24, 2.45) is 5.73 Å². The average Bonchev–Trinajstić information content (AvgIpc) is 2.69. The Morgan fingerprint density at radius 1 is 1.53 bits per heavy atom. The molecular weight excluding hydrogens is 289 g/mol. The van der Waals surface area contributed by atoms with Crippen LogP contribution in [0.4, 0.5) is 4.39 Å². The van der Waals surface area contributed by atoms with Gasteiger partial charge in [0.05, 0.1) is 5.56 Å². The van der Waals surface area contributed by atoms with Crippen LogP contribution >= 0.6 is 15.9 Å². The van der Waals surface area contributed by atoms with E-state index in [1.165, 1.54) is 6.07 Å². The minimum atomic E-state index is -0.399. The topological polar surface area (TPSA) is 64.9 Å². The van der Waals surface area contributed by atoms with E-state index >= 15 is 0 Å². The van der Waals surface area contributed by atoms with Gasteiger partial charge in [0.1, 0.15) is 5.82 Å². The largest absolute Gasteiger partial charge is 0.334 e. The molecule has 1 aromatic heterocycles. The van der Waals surface area contributed by atoms with Crippen LogP contribution in [0.25, 0.3) is 11.5 Å². The smallest absolute Gasteiger partial charge is 0.260 e. The van der Waals surface area contributed by atoms with Gasteiger partial charge in [0.25, 0.3) is 5.89 Å². The number of hydrogen-bond donors (Lipinski definition) is 1. The predicted molar refractivity (Wildman–Crippen MR) is 64.7 cm³/mol. The summed E-state index contributed by atoms with van der Waals surface area (Å²) in [6, 6.07) is 4.48. The van der Waals surface area contributed by atoms with Gasteiger partial charge in [-0.15, -0.1) is 0 Å². The maximum Gasteiger partial charge on any atom is 0.260 e. The van der Waals surface area contributed by atoms with Crippen LogP contribution in [-0.2, 0) is 6.42 Å². The molecule has 2 rings (SSSR count). The fraction of sp³-hybridized carbons (Fsp3) is 0.273. The lowest BCUT2D eigenvalue weighted by atomic mass is 10.2. The van der Waals surface area contributed by atoms with Gasteiger partial charge in [0.15, 0.2) is 5.82 Å². The standard InChI is InChI=1S/C11H11BrFN3O/c1-6(14)4-10-15-11(17-16-10)8-5-7(12)2-3-9(8)13/h2-3,5-6H,4,14H2,1H3. The summed E-state index contributed by atoms with van der Waals surface area (Å²) in [6.07, 6.45) is 0.499. The van der Waals surface area contributed by atoms with Crippen molar-refractivity contribution in [1.82, 2.24) is 10.1 Å². The Bertz CT molecular complexity index is 527. The Hall–Kier alpha value is -1.27. The fourth-order valence-electron chi connectivity index (χ4n) is 1.40. The monoisotopic (exact) mass is 299 g/mol. The van der Waals surface area contributed by atoms with E-state index in [0.29, 0.717) is 12.2 Å². The summed E-state index contributed by atoms with van der Waals surface area (Å²) in [5.41, 5.74) is 5.90. The van der Waals surface area contributed by atoms with Crippen LogP contribution in [0.1, 0.15) is 12.7 Å². The van der Waals surface area contributed by atoms with E-state index < -0.39 is 5.82 Å². The van der Waals surface area contributed by atoms with Crippen LogP contribution < -0.4 is 5.73 Å². The van der Waals surface area contributed by atoms with Crippen molar-refractivity contribution in [2.45, 2.75) is 19.4 Å². The van der Waals surface area contributed by atoms with Gasteiger partial charge in [0.2, 0.25) is 0 Å². The van der Waals surface area contributed by atoms with Gasteiger partial charge in [-0.1, -0.05) is 21.1 Å². The molecule has 4 nitrogen and oxygen atoms in total. The molecule has 0 saturated carbocycles. The summed E-state index contributed by atoms with van der Waals surface area (Å²) in [4.78, 5) is 4.10. The maximum atomic E-state index is 13.6. The molecule has 2 N–H and O–H groups in total. The summed E-state index contributed by atoms with van der Waals surface area (Å²) in [6.45, 7) is 1.84. The Morgan fingerprint density at radius 3 is 3.00 bits per heavy atom. The normalized spacial score (nSPS) is 12.7. The highest BCUT2D eigenvalue weighted by molar-refractivity contribution is 9.10. The van der Waals surface area contributed by atoms with Crippen LogP contribution in [0.2, 0.25) is 0 Å². The van der Waals surface area contributed by atoms with E-state index in [0.717, 1.165) is 4.47 Å². The van der Waals surface area contributed by atoms with E-state index in [2.05, 4.69) is 26.1 Å². The number of nitrogens with two attached hydrogens (primary N) is 1.